The van der Waals surface area contributed by atoms with Gasteiger partial charge >= 0.3 is 0 Å². The van der Waals surface area contributed by atoms with Crippen molar-refractivity contribution in [3.63, 3.8) is 0 Å². The van der Waals surface area contributed by atoms with Crippen molar-refractivity contribution in [2.75, 3.05) is 5.32 Å². The number of rotatable bonds is 9. The molecule has 41 heavy (non-hydrogen) atoms. The molecule has 3 heterocycles. The number of hydrogen-bond donors (Lipinski definition) is 2. The molecule has 0 spiro atoms. The average molecular weight is 599 g/mol. The molecule has 0 atom stereocenters. The van der Waals surface area contributed by atoms with Crippen LogP contribution in [0.5, 0.6) is 5.75 Å². The Hall–Kier alpha value is -4.88. The normalized spacial score (nSPS) is 11.1. The Morgan fingerprint density at radius 2 is 1.90 bits per heavy atom. The van der Waals surface area contributed by atoms with Crippen LogP contribution in [-0.2, 0) is 6.61 Å². The van der Waals surface area contributed by atoms with Gasteiger partial charge in [0.2, 0.25) is 0 Å². The molecule has 0 unspecified atom stereocenters. The zero-order chi connectivity index (χ0) is 29.3. The number of non-ortho nitro benzene ring substituents is 1. The molecular formula is C27H17ClF2N4O6S. The summed E-state index contributed by atoms with van der Waals surface area (Å²) in [5.41, 5.74) is 5.79. The Morgan fingerprint density at radius 3 is 2.56 bits per heavy atom. The molecule has 208 valence electrons. The van der Waals surface area contributed by atoms with Gasteiger partial charge in [0.05, 0.1) is 15.6 Å². The lowest BCUT2D eigenvalue weighted by molar-refractivity contribution is -0.384. The van der Waals surface area contributed by atoms with E-state index in [1.165, 1.54) is 30.3 Å². The molecule has 2 aromatic carbocycles. The predicted octanol–water partition coefficient (Wildman–Crippen LogP) is 6.99. The van der Waals surface area contributed by atoms with Crippen LogP contribution < -0.4 is 15.8 Å². The first-order chi connectivity index (χ1) is 19.6. The number of carbonyl (C=O) groups is 2. The number of fused-ring (bicyclic) bond motifs is 1. The predicted molar refractivity (Wildman–Crippen MR) is 148 cm³/mol. The van der Waals surface area contributed by atoms with Crippen LogP contribution in [0.3, 0.4) is 0 Å². The molecule has 14 heteroatoms. The molecule has 3 N–H and O–H groups in total. The second-order valence-electron chi connectivity index (χ2n) is 8.49. The van der Waals surface area contributed by atoms with Gasteiger partial charge in [0, 0.05) is 17.5 Å². The first-order valence-corrected chi connectivity index (χ1v) is 12.9. The highest BCUT2D eigenvalue weighted by Gasteiger charge is 2.26. The number of anilines is 1. The Morgan fingerprint density at radius 1 is 1.15 bits per heavy atom. The second kappa shape index (κ2) is 11.3. The fraction of sp³-hybridized carbons (Fsp3) is 0.0741. The minimum absolute atomic E-state index is 0.0153. The highest BCUT2D eigenvalue weighted by Crippen LogP contribution is 2.42. The molecule has 0 aliphatic carbocycles. The SMILES string of the molecule is NC(=O)c1sc2nc(C(F)F)cc(-c3ccccc3)c2c1NC(=O)c1ccc(COc2ccc([N+](=O)[O-])cc2Cl)o1. The molecule has 0 saturated heterocycles. The molecule has 3 aromatic heterocycles. The van der Waals surface area contributed by atoms with Crippen LogP contribution in [-0.4, -0.2) is 21.7 Å². The molecule has 0 aliphatic heterocycles. The van der Waals surface area contributed by atoms with Gasteiger partial charge in [-0.25, -0.2) is 13.8 Å². The van der Waals surface area contributed by atoms with Crippen LogP contribution >= 0.6 is 22.9 Å². The first kappa shape index (κ1) is 27.7. The van der Waals surface area contributed by atoms with Crippen molar-refractivity contribution in [3.8, 4) is 16.9 Å². The third-order valence-corrected chi connectivity index (χ3v) is 7.23. The molecule has 0 aliphatic rings. The quantitative estimate of drug-likeness (QED) is 0.137. The Bertz CT molecular complexity index is 1810. The van der Waals surface area contributed by atoms with E-state index in [1.807, 2.05) is 0 Å². The van der Waals surface area contributed by atoms with E-state index in [2.05, 4.69) is 10.3 Å². The lowest BCUT2D eigenvalue weighted by Gasteiger charge is -2.10. The topological polar surface area (TPSA) is 151 Å². The van der Waals surface area contributed by atoms with E-state index in [0.29, 0.717) is 11.1 Å². The summed E-state index contributed by atoms with van der Waals surface area (Å²) in [6, 6.07) is 16.4. The van der Waals surface area contributed by atoms with Crippen LogP contribution in [0.2, 0.25) is 5.02 Å². The summed E-state index contributed by atoms with van der Waals surface area (Å²) in [4.78, 5) is 39.8. The van der Waals surface area contributed by atoms with E-state index in [-0.39, 0.29) is 55.4 Å². The summed E-state index contributed by atoms with van der Waals surface area (Å²) in [5.74, 6) is -1.38. The van der Waals surface area contributed by atoms with Crippen molar-refractivity contribution in [2.24, 2.45) is 5.73 Å². The van der Waals surface area contributed by atoms with Gasteiger partial charge in [-0.15, -0.1) is 11.3 Å². The fourth-order valence-corrected chi connectivity index (χ4v) is 5.23. The van der Waals surface area contributed by atoms with Gasteiger partial charge in [0.1, 0.15) is 33.5 Å². The third kappa shape index (κ3) is 5.71. The van der Waals surface area contributed by atoms with Crippen molar-refractivity contribution in [1.82, 2.24) is 4.98 Å². The molecule has 10 nitrogen and oxygen atoms in total. The smallest absolute Gasteiger partial charge is 0.291 e. The van der Waals surface area contributed by atoms with Crippen LogP contribution in [0.15, 0.2) is 71.1 Å². The van der Waals surface area contributed by atoms with Crippen molar-refractivity contribution in [2.45, 2.75) is 13.0 Å². The largest absolute Gasteiger partial charge is 0.484 e. The summed E-state index contributed by atoms with van der Waals surface area (Å²) in [7, 11) is 0. The van der Waals surface area contributed by atoms with E-state index in [9.17, 15) is 28.5 Å². The number of nitrogens with zero attached hydrogens (tertiary/aromatic N) is 2. The summed E-state index contributed by atoms with van der Waals surface area (Å²) >= 11 is 6.82. The number of ether oxygens (including phenoxy) is 1. The fourth-order valence-electron chi connectivity index (χ4n) is 3.99. The number of nitrogens with two attached hydrogens (primary N) is 1. The number of nitro groups is 1. The number of primary amides is 1. The van der Waals surface area contributed by atoms with E-state index < -0.39 is 28.9 Å². The molecule has 0 saturated carbocycles. The van der Waals surface area contributed by atoms with Crippen molar-refractivity contribution >= 4 is 56.3 Å². The maximum Gasteiger partial charge on any atom is 0.291 e. The van der Waals surface area contributed by atoms with Crippen LogP contribution in [0.1, 0.15) is 38.1 Å². The molecule has 5 rings (SSSR count). The Balaban J connectivity index is 1.45. The number of alkyl halides is 2. The molecular weight excluding hydrogens is 582 g/mol. The van der Waals surface area contributed by atoms with Gasteiger partial charge < -0.3 is 20.2 Å². The number of thiophene rings is 1. The molecule has 0 bridgehead atoms. The number of pyridine rings is 1. The lowest BCUT2D eigenvalue weighted by atomic mass is 10.0. The van der Waals surface area contributed by atoms with Crippen molar-refractivity contribution < 1.29 is 32.4 Å². The maximum absolute atomic E-state index is 13.7. The van der Waals surface area contributed by atoms with E-state index >= 15 is 0 Å². The molecule has 0 radical (unpaired) electrons. The summed E-state index contributed by atoms with van der Waals surface area (Å²) in [5, 5.41) is 13.8. The summed E-state index contributed by atoms with van der Waals surface area (Å²) < 4.78 is 38.4. The first-order valence-electron chi connectivity index (χ1n) is 11.7. The second-order valence-corrected chi connectivity index (χ2v) is 9.90. The van der Waals surface area contributed by atoms with Gasteiger partial charge in [-0.2, -0.15) is 0 Å². The van der Waals surface area contributed by atoms with Crippen molar-refractivity contribution in [1.29, 1.82) is 0 Å². The zero-order valence-electron chi connectivity index (χ0n) is 20.6. The zero-order valence-corrected chi connectivity index (χ0v) is 22.2. The monoisotopic (exact) mass is 598 g/mol. The molecule has 0 fully saturated rings. The third-order valence-electron chi connectivity index (χ3n) is 5.83. The minimum Gasteiger partial charge on any atom is -0.484 e. The number of nitro benzene ring substituents is 1. The lowest BCUT2D eigenvalue weighted by Crippen LogP contribution is -2.16. The number of nitrogens with one attached hydrogen (secondary N) is 1. The van der Waals surface area contributed by atoms with Gasteiger partial charge in [-0.3, -0.25) is 19.7 Å². The number of carbonyl (C=O) groups excluding carboxylic acids is 2. The number of furan rings is 1. The van der Waals surface area contributed by atoms with E-state index in [4.69, 9.17) is 26.5 Å². The summed E-state index contributed by atoms with van der Waals surface area (Å²) in [6.07, 6.45) is -2.87. The number of hydrogen-bond acceptors (Lipinski definition) is 8. The number of halogens is 3. The van der Waals surface area contributed by atoms with E-state index in [1.54, 1.807) is 30.3 Å². The molecule has 5 aromatic rings. The standard InChI is InChI=1S/C27H17ClF2N4O6S/c28-17-10-14(34(37)38)6-8-19(17)39-12-15-7-9-20(40-15)26(36)33-22-21-16(13-4-2-1-3-5-13)11-18(24(29)30)32-27(21)41-23(22)25(31)35/h1-11,24H,12H2,(H2,31,35)(H,33,36). The van der Waals surface area contributed by atoms with Crippen molar-refractivity contribution in [3.05, 3.63) is 104 Å². The maximum atomic E-state index is 13.7. The van der Waals surface area contributed by atoms with Crippen LogP contribution in [0.25, 0.3) is 21.3 Å². The Kier molecular flexibility index (Phi) is 7.64. The van der Waals surface area contributed by atoms with E-state index in [0.717, 1.165) is 17.4 Å². The average Bonchev–Trinajstić information content (AvgIpc) is 3.57. The molecule has 2 amide bonds. The highest BCUT2D eigenvalue weighted by atomic mass is 35.5. The highest BCUT2D eigenvalue weighted by molar-refractivity contribution is 7.21. The van der Waals surface area contributed by atoms with Gasteiger partial charge in [0.25, 0.3) is 23.9 Å². The van der Waals surface area contributed by atoms with Gasteiger partial charge in [-0.05, 0) is 35.4 Å². The van der Waals surface area contributed by atoms with Gasteiger partial charge in [0.15, 0.2) is 5.76 Å². The number of benzene rings is 2. The van der Waals surface area contributed by atoms with Crippen LogP contribution in [0, 0.1) is 10.1 Å². The number of aromatic nitrogens is 1. The van der Waals surface area contributed by atoms with Gasteiger partial charge in [-0.1, -0.05) is 41.9 Å². The minimum atomic E-state index is -2.87. The van der Waals surface area contributed by atoms with Crippen LogP contribution in [0.4, 0.5) is 20.2 Å². The number of amides is 2. The Labute approximate surface area is 238 Å². The summed E-state index contributed by atoms with van der Waals surface area (Å²) in [6.45, 7) is -0.156.